The number of nitrogens with zero attached hydrogens (tertiary/aromatic N) is 3. The molecule has 0 aromatic heterocycles. The average Bonchev–Trinajstić information content (AvgIpc) is 3.06. The van der Waals surface area contributed by atoms with Gasteiger partial charge in [0.2, 0.25) is 0 Å². The van der Waals surface area contributed by atoms with Crippen molar-refractivity contribution in [2.24, 2.45) is 5.92 Å². The molecule has 2 heterocycles. The van der Waals surface area contributed by atoms with Crippen LogP contribution in [0.2, 0.25) is 0 Å². The van der Waals surface area contributed by atoms with E-state index in [1.54, 1.807) is 0 Å². The highest BCUT2D eigenvalue weighted by molar-refractivity contribution is 5.94. The average molecular weight is 480 g/mol. The van der Waals surface area contributed by atoms with E-state index in [0.29, 0.717) is 5.92 Å². The number of urea groups is 1. The summed E-state index contributed by atoms with van der Waals surface area (Å²) in [6.45, 7) is 4.72. The standard InChI is InChI=1S/C25H37N3O4.ClH/c29-17-1-12-26-13-10-20-5-8-23(18-21(20)11-14-26)28-16-15-27(25(28)32)22-6-2-19(3-7-22)4-9-24(30)31;/h5,8,18-19,22,29H,1-4,6-7,9-17H2,(H,30,31);1H/t19-,22-;. The van der Waals surface area contributed by atoms with Gasteiger partial charge in [0.25, 0.3) is 0 Å². The van der Waals surface area contributed by atoms with Crippen LogP contribution in [-0.4, -0.2) is 77.4 Å². The molecule has 8 heteroatoms. The SMILES string of the molecule is Cl.O=C(O)CC[C@H]1CC[C@H](N2CCN(c3ccc4c(c3)CCN(CCCO)CC4)C2=O)CC1. The fraction of sp³-hybridized carbons (Fsp3) is 0.680. The Morgan fingerprint density at radius 3 is 2.42 bits per heavy atom. The first-order chi connectivity index (χ1) is 15.5. The summed E-state index contributed by atoms with van der Waals surface area (Å²) >= 11 is 0. The number of rotatable bonds is 8. The predicted octanol–water partition coefficient (Wildman–Crippen LogP) is 3.56. The summed E-state index contributed by atoms with van der Waals surface area (Å²) in [6, 6.07) is 6.93. The molecule has 1 saturated carbocycles. The summed E-state index contributed by atoms with van der Waals surface area (Å²) in [7, 11) is 0. The van der Waals surface area contributed by atoms with E-state index in [-0.39, 0.29) is 37.5 Å². The zero-order valence-corrected chi connectivity index (χ0v) is 20.3. The first-order valence-corrected chi connectivity index (χ1v) is 12.3. The van der Waals surface area contributed by atoms with Gasteiger partial charge < -0.3 is 20.0 Å². The molecule has 1 saturated heterocycles. The third kappa shape index (κ3) is 6.40. The molecule has 7 nitrogen and oxygen atoms in total. The number of amides is 2. The molecular formula is C25H38ClN3O4. The van der Waals surface area contributed by atoms with Crippen LogP contribution in [0.1, 0.15) is 56.1 Å². The van der Waals surface area contributed by atoms with Crippen LogP contribution in [0.3, 0.4) is 0 Å². The number of aliphatic hydroxyl groups excluding tert-OH is 1. The Morgan fingerprint density at radius 2 is 1.73 bits per heavy atom. The third-order valence-electron chi connectivity index (χ3n) is 7.59. The largest absolute Gasteiger partial charge is 0.481 e. The quantitative estimate of drug-likeness (QED) is 0.595. The minimum atomic E-state index is -0.712. The van der Waals surface area contributed by atoms with Crippen LogP contribution in [0.5, 0.6) is 0 Å². The maximum Gasteiger partial charge on any atom is 0.324 e. The van der Waals surface area contributed by atoms with Gasteiger partial charge in [-0.2, -0.15) is 0 Å². The van der Waals surface area contributed by atoms with Crippen LogP contribution < -0.4 is 4.90 Å². The van der Waals surface area contributed by atoms with Crippen LogP contribution in [0.25, 0.3) is 0 Å². The summed E-state index contributed by atoms with van der Waals surface area (Å²) < 4.78 is 0. The second-order valence-electron chi connectivity index (χ2n) is 9.61. The fourth-order valence-corrected chi connectivity index (χ4v) is 5.65. The molecule has 0 atom stereocenters. The van der Waals surface area contributed by atoms with Crippen LogP contribution >= 0.6 is 12.4 Å². The molecule has 0 spiro atoms. The number of carboxylic acids is 1. The van der Waals surface area contributed by atoms with Gasteiger partial charge in [-0.1, -0.05) is 6.07 Å². The predicted molar refractivity (Wildman–Crippen MR) is 131 cm³/mol. The third-order valence-corrected chi connectivity index (χ3v) is 7.59. The Labute approximate surface area is 203 Å². The Balaban J connectivity index is 0.00000306. The van der Waals surface area contributed by atoms with Crippen LogP contribution in [0, 0.1) is 5.92 Å². The van der Waals surface area contributed by atoms with Crippen molar-refractivity contribution in [1.29, 1.82) is 0 Å². The molecule has 3 aliphatic rings. The van der Waals surface area contributed by atoms with Gasteiger partial charge in [0.15, 0.2) is 0 Å². The Kier molecular flexibility index (Phi) is 9.41. The normalized spacial score (nSPS) is 23.7. The molecule has 0 radical (unpaired) electrons. The highest BCUT2D eigenvalue weighted by Gasteiger charge is 2.36. The van der Waals surface area contributed by atoms with Gasteiger partial charge in [-0.3, -0.25) is 9.69 Å². The Hall–Kier alpha value is -1.83. The second kappa shape index (κ2) is 12.0. The lowest BCUT2D eigenvalue weighted by molar-refractivity contribution is -0.137. The van der Waals surface area contributed by atoms with Gasteiger partial charge in [0.1, 0.15) is 0 Å². The Morgan fingerprint density at radius 1 is 1.00 bits per heavy atom. The molecule has 33 heavy (non-hydrogen) atoms. The van der Waals surface area contributed by atoms with Gasteiger partial charge >= 0.3 is 12.0 Å². The number of carboxylic acid groups (broad SMARTS) is 1. The number of anilines is 1. The molecule has 2 N–H and O–H groups in total. The van der Waals surface area contributed by atoms with E-state index in [1.807, 2.05) is 4.90 Å². The maximum absolute atomic E-state index is 13.3. The molecule has 2 aliphatic heterocycles. The lowest BCUT2D eigenvalue weighted by Crippen LogP contribution is -2.41. The van der Waals surface area contributed by atoms with E-state index in [4.69, 9.17) is 10.2 Å². The monoisotopic (exact) mass is 479 g/mol. The molecular weight excluding hydrogens is 442 g/mol. The van der Waals surface area contributed by atoms with Crippen molar-refractivity contribution in [2.75, 3.05) is 44.2 Å². The van der Waals surface area contributed by atoms with E-state index < -0.39 is 5.97 Å². The van der Waals surface area contributed by atoms with Crippen LogP contribution in [-0.2, 0) is 17.6 Å². The number of hydrogen-bond acceptors (Lipinski definition) is 4. The molecule has 0 bridgehead atoms. The molecule has 2 fully saturated rings. The van der Waals surface area contributed by atoms with Gasteiger partial charge in [-0.15, -0.1) is 12.4 Å². The molecule has 1 aliphatic carbocycles. The molecule has 1 aromatic carbocycles. The van der Waals surface area contributed by atoms with E-state index in [0.717, 1.165) is 89.8 Å². The van der Waals surface area contributed by atoms with Gasteiger partial charge in [0.05, 0.1) is 0 Å². The van der Waals surface area contributed by atoms with Crippen LogP contribution in [0.4, 0.5) is 10.5 Å². The molecule has 0 unspecified atom stereocenters. The van der Waals surface area contributed by atoms with Crippen molar-refractivity contribution < 1.29 is 19.8 Å². The second-order valence-corrected chi connectivity index (χ2v) is 9.61. The summed E-state index contributed by atoms with van der Waals surface area (Å²) in [4.78, 5) is 30.5. The zero-order chi connectivity index (χ0) is 22.5. The Bertz CT molecular complexity index is 813. The minimum Gasteiger partial charge on any atom is -0.481 e. The fourth-order valence-electron chi connectivity index (χ4n) is 5.65. The van der Waals surface area contributed by atoms with E-state index in [1.165, 1.54) is 11.1 Å². The van der Waals surface area contributed by atoms with Crippen molar-refractivity contribution in [2.45, 2.75) is 63.8 Å². The first-order valence-electron chi connectivity index (χ1n) is 12.3. The number of aliphatic carboxylic acids is 1. The number of hydrogen-bond donors (Lipinski definition) is 2. The first kappa shape index (κ1) is 25.8. The minimum absolute atomic E-state index is 0. The summed E-state index contributed by atoms with van der Waals surface area (Å²) in [5.74, 6) is -0.228. The number of halogens is 1. The van der Waals surface area contributed by atoms with Crippen molar-refractivity contribution in [3.8, 4) is 0 Å². The van der Waals surface area contributed by atoms with Gasteiger partial charge in [-0.05, 0) is 80.5 Å². The topological polar surface area (TPSA) is 84.3 Å². The number of carbonyl (C=O) groups is 2. The van der Waals surface area contributed by atoms with E-state index in [2.05, 4.69) is 28.0 Å². The van der Waals surface area contributed by atoms with Crippen molar-refractivity contribution in [1.82, 2.24) is 9.80 Å². The summed E-state index contributed by atoms with van der Waals surface area (Å²) in [5.41, 5.74) is 3.73. The highest BCUT2D eigenvalue weighted by Crippen LogP contribution is 2.33. The van der Waals surface area contributed by atoms with Crippen molar-refractivity contribution in [3.63, 3.8) is 0 Å². The number of aliphatic hydroxyl groups is 1. The molecule has 1 aromatic rings. The van der Waals surface area contributed by atoms with Crippen LogP contribution in [0.15, 0.2) is 18.2 Å². The van der Waals surface area contributed by atoms with E-state index >= 15 is 0 Å². The molecule has 184 valence electrons. The smallest absolute Gasteiger partial charge is 0.324 e. The summed E-state index contributed by atoms with van der Waals surface area (Å²) in [6.07, 6.45) is 7.85. The number of carbonyl (C=O) groups excluding carboxylic acids is 1. The highest BCUT2D eigenvalue weighted by atomic mass is 35.5. The maximum atomic E-state index is 13.3. The lowest BCUT2D eigenvalue weighted by atomic mass is 9.83. The van der Waals surface area contributed by atoms with E-state index in [9.17, 15) is 9.59 Å². The van der Waals surface area contributed by atoms with Gasteiger partial charge in [-0.25, -0.2) is 4.79 Å². The number of fused-ring (bicyclic) bond motifs is 1. The lowest BCUT2D eigenvalue weighted by Gasteiger charge is -2.34. The van der Waals surface area contributed by atoms with Gasteiger partial charge in [0, 0.05) is 57.5 Å². The zero-order valence-electron chi connectivity index (χ0n) is 19.5. The van der Waals surface area contributed by atoms with Crippen molar-refractivity contribution in [3.05, 3.63) is 29.3 Å². The summed E-state index contributed by atoms with van der Waals surface area (Å²) in [5, 5.41) is 18.0. The number of benzene rings is 1. The molecule has 4 rings (SSSR count). The molecule has 2 amide bonds. The van der Waals surface area contributed by atoms with Crippen molar-refractivity contribution >= 4 is 30.1 Å².